The summed E-state index contributed by atoms with van der Waals surface area (Å²) in [7, 11) is 0. The van der Waals surface area contributed by atoms with E-state index in [9.17, 15) is 14.4 Å². The van der Waals surface area contributed by atoms with Crippen LogP contribution in [0.4, 0.5) is 0 Å². The van der Waals surface area contributed by atoms with Gasteiger partial charge in [0.05, 0.1) is 0 Å². The number of esters is 3. The third kappa shape index (κ3) is 65.4. The van der Waals surface area contributed by atoms with E-state index in [0.29, 0.717) is 12.8 Å². The Balaban J connectivity index is 4.06. The minimum atomic E-state index is -0.791. The highest BCUT2D eigenvalue weighted by atomic mass is 16.6. The molecular formula is C74H130O6. The number of carbonyl (C=O) groups excluding carboxylic acids is 3. The Hall–Kier alpha value is -3.41. The Labute approximate surface area is 496 Å². The van der Waals surface area contributed by atoms with Crippen LogP contribution in [0.1, 0.15) is 348 Å². The van der Waals surface area contributed by atoms with Crippen molar-refractivity contribution < 1.29 is 28.6 Å². The van der Waals surface area contributed by atoms with Gasteiger partial charge < -0.3 is 14.2 Å². The van der Waals surface area contributed by atoms with E-state index in [4.69, 9.17) is 14.2 Å². The molecule has 0 N–H and O–H groups in total. The Bertz CT molecular complexity index is 1520. The molecule has 0 fully saturated rings. The molecule has 0 amide bonds. The summed E-state index contributed by atoms with van der Waals surface area (Å²) < 4.78 is 16.8. The fraction of sp³-hybridized carbons (Fsp3) is 0.770. The summed E-state index contributed by atoms with van der Waals surface area (Å²) in [6.45, 7) is 6.48. The highest BCUT2D eigenvalue weighted by molar-refractivity contribution is 5.71. The summed E-state index contributed by atoms with van der Waals surface area (Å²) in [5, 5.41) is 0. The SMILES string of the molecule is CC/C=C\C/C=C\C/C=C\C/C=C\C/C=C\C/C=C\C/C=C\CCCCCC(=O)OC(COC(=O)CCCCCCCC)COC(=O)CCCCCCCCCCCCCCCCCCCCCCCCCCCCCCCCC. The van der Waals surface area contributed by atoms with Crippen molar-refractivity contribution >= 4 is 17.9 Å². The van der Waals surface area contributed by atoms with Crippen molar-refractivity contribution in [3.8, 4) is 0 Å². The summed E-state index contributed by atoms with van der Waals surface area (Å²) in [6.07, 6.45) is 90.9. The number of unbranched alkanes of at least 4 members (excludes halogenated alkanes) is 38. The number of hydrogen-bond donors (Lipinski definition) is 0. The third-order valence-electron chi connectivity index (χ3n) is 15.2. The lowest BCUT2D eigenvalue weighted by atomic mass is 10.0. The van der Waals surface area contributed by atoms with Gasteiger partial charge >= 0.3 is 17.9 Å². The second-order valence-corrected chi connectivity index (χ2v) is 23.1. The van der Waals surface area contributed by atoms with Crippen LogP contribution in [0, 0.1) is 0 Å². The molecule has 0 saturated carbocycles. The van der Waals surface area contributed by atoms with Gasteiger partial charge in [0.15, 0.2) is 6.10 Å². The van der Waals surface area contributed by atoms with Gasteiger partial charge in [0.25, 0.3) is 0 Å². The molecule has 0 aliphatic heterocycles. The van der Waals surface area contributed by atoms with Gasteiger partial charge in [-0.25, -0.2) is 0 Å². The molecule has 1 atom stereocenters. The lowest BCUT2D eigenvalue weighted by Crippen LogP contribution is -2.30. The lowest BCUT2D eigenvalue weighted by molar-refractivity contribution is -0.167. The molecule has 0 aromatic carbocycles. The molecule has 6 nitrogen and oxygen atoms in total. The molecule has 0 bridgehead atoms. The first-order chi connectivity index (χ1) is 39.5. The normalized spacial score (nSPS) is 12.6. The Morgan fingerprint density at radius 1 is 0.263 bits per heavy atom. The van der Waals surface area contributed by atoms with E-state index >= 15 is 0 Å². The summed E-state index contributed by atoms with van der Waals surface area (Å²) in [5.41, 5.74) is 0. The van der Waals surface area contributed by atoms with E-state index in [0.717, 1.165) is 109 Å². The molecule has 0 heterocycles. The van der Waals surface area contributed by atoms with Crippen LogP contribution in [0.5, 0.6) is 0 Å². The van der Waals surface area contributed by atoms with E-state index in [1.165, 1.54) is 199 Å². The first kappa shape index (κ1) is 76.6. The molecule has 1 unspecified atom stereocenters. The maximum absolute atomic E-state index is 12.8. The van der Waals surface area contributed by atoms with Gasteiger partial charge in [-0.05, 0) is 77.0 Å². The van der Waals surface area contributed by atoms with Gasteiger partial charge in [0, 0.05) is 19.3 Å². The third-order valence-corrected chi connectivity index (χ3v) is 15.2. The van der Waals surface area contributed by atoms with E-state index in [-0.39, 0.29) is 37.5 Å². The largest absolute Gasteiger partial charge is 0.462 e. The van der Waals surface area contributed by atoms with Crippen molar-refractivity contribution in [1.29, 1.82) is 0 Å². The summed E-state index contributed by atoms with van der Waals surface area (Å²) in [4.78, 5) is 38.1. The number of hydrogen-bond acceptors (Lipinski definition) is 6. The minimum absolute atomic E-state index is 0.0873. The maximum Gasteiger partial charge on any atom is 0.306 e. The fourth-order valence-corrected chi connectivity index (χ4v) is 10.0. The van der Waals surface area contributed by atoms with E-state index in [1.807, 2.05) is 0 Å². The van der Waals surface area contributed by atoms with Crippen LogP contribution in [-0.2, 0) is 28.6 Å². The highest BCUT2D eigenvalue weighted by Crippen LogP contribution is 2.18. The van der Waals surface area contributed by atoms with Gasteiger partial charge in [-0.3, -0.25) is 14.4 Å². The topological polar surface area (TPSA) is 78.9 Å². The first-order valence-electron chi connectivity index (χ1n) is 34.6. The number of carbonyl (C=O) groups is 3. The molecule has 0 rings (SSSR count). The van der Waals surface area contributed by atoms with Crippen molar-refractivity contribution in [2.45, 2.75) is 354 Å². The Kier molecular flexibility index (Phi) is 65.2. The zero-order valence-corrected chi connectivity index (χ0v) is 53.1. The summed E-state index contributed by atoms with van der Waals surface area (Å²) in [5.74, 6) is -0.917. The summed E-state index contributed by atoms with van der Waals surface area (Å²) >= 11 is 0. The average molecular weight is 1120 g/mol. The van der Waals surface area contributed by atoms with Crippen LogP contribution in [0.3, 0.4) is 0 Å². The Morgan fingerprint density at radius 2 is 0.487 bits per heavy atom. The van der Waals surface area contributed by atoms with Gasteiger partial charge in [-0.15, -0.1) is 0 Å². The number of allylic oxidation sites excluding steroid dienone is 14. The van der Waals surface area contributed by atoms with Crippen LogP contribution in [-0.4, -0.2) is 37.2 Å². The zero-order chi connectivity index (χ0) is 57.8. The maximum atomic E-state index is 12.8. The van der Waals surface area contributed by atoms with E-state index in [1.54, 1.807) is 0 Å². The standard InChI is InChI=1S/C74H130O6/c1-4-7-10-13-16-18-20-22-24-26-28-30-32-34-35-36-37-38-39-41-42-44-46-48-50-52-54-56-58-61-64-67-73(76)79-70-71(69-78-72(75)66-63-60-15-12-9-6-3)80-74(77)68-65-62-59-57-55-53-51-49-47-45-43-40-33-31-29-27-25-23-21-19-17-14-11-8-5-2/h8,11,17,19,23,25,29,31,40,43,47,49,53,55,71H,4-7,9-10,12-16,18,20-22,24,26-28,30,32-39,41-42,44-46,48,50-52,54,56-70H2,1-3H3/b11-8-,19-17-,25-23-,31-29-,43-40-,49-47-,55-53-. The van der Waals surface area contributed by atoms with Crippen molar-refractivity contribution in [3.05, 3.63) is 85.1 Å². The van der Waals surface area contributed by atoms with E-state index < -0.39 is 6.10 Å². The zero-order valence-electron chi connectivity index (χ0n) is 53.1. The predicted molar refractivity (Wildman–Crippen MR) is 348 cm³/mol. The fourth-order valence-electron chi connectivity index (χ4n) is 10.0. The molecule has 0 aromatic rings. The number of rotatable bonds is 63. The number of ether oxygens (including phenoxy) is 3. The van der Waals surface area contributed by atoms with Crippen LogP contribution in [0.25, 0.3) is 0 Å². The molecule has 462 valence electrons. The van der Waals surface area contributed by atoms with Crippen molar-refractivity contribution in [1.82, 2.24) is 0 Å². The molecule has 80 heavy (non-hydrogen) atoms. The predicted octanol–water partition coefficient (Wildman–Crippen LogP) is 23.8. The highest BCUT2D eigenvalue weighted by Gasteiger charge is 2.19. The van der Waals surface area contributed by atoms with Crippen molar-refractivity contribution in [3.63, 3.8) is 0 Å². The van der Waals surface area contributed by atoms with Crippen molar-refractivity contribution in [2.75, 3.05) is 13.2 Å². The van der Waals surface area contributed by atoms with Crippen LogP contribution >= 0.6 is 0 Å². The summed E-state index contributed by atoms with van der Waals surface area (Å²) in [6, 6.07) is 0. The second-order valence-electron chi connectivity index (χ2n) is 23.1. The Morgan fingerprint density at radius 3 is 0.762 bits per heavy atom. The van der Waals surface area contributed by atoms with Crippen LogP contribution in [0.2, 0.25) is 0 Å². The minimum Gasteiger partial charge on any atom is -0.462 e. The van der Waals surface area contributed by atoms with Gasteiger partial charge in [-0.2, -0.15) is 0 Å². The monoisotopic (exact) mass is 1110 g/mol. The van der Waals surface area contributed by atoms with E-state index in [2.05, 4.69) is 106 Å². The van der Waals surface area contributed by atoms with Gasteiger partial charge in [0.2, 0.25) is 0 Å². The van der Waals surface area contributed by atoms with Gasteiger partial charge in [0.1, 0.15) is 13.2 Å². The molecule has 0 saturated heterocycles. The van der Waals surface area contributed by atoms with Crippen LogP contribution in [0.15, 0.2) is 85.1 Å². The second kappa shape index (κ2) is 68.1. The van der Waals surface area contributed by atoms with Gasteiger partial charge in [-0.1, -0.05) is 337 Å². The molecular weight excluding hydrogens is 985 g/mol. The molecule has 0 aromatic heterocycles. The molecule has 6 heteroatoms. The van der Waals surface area contributed by atoms with Crippen LogP contribution < -0.4 is 0 Å². The molecule has 0 aliphatic carbocycles. The molecule has 0 radical (unpaired) electrons. The van der Waals surface area contributed by atoms with Crippen molar-refractivity contribution in [2.24, 2.45) is 0 Å². The smallest absolute Gasteiger partial charge is 0.306 e. The quantitative estimate of drug-likeness (QED) is 0.0261. The molecule has 0 spiro atoms. The molecule has 0 aliphatic rings. The average Bonchev–Trinajstić information content (AvgIpc) is 3.46. The first-order valence-corrected chi connectivity index (χ1v) is 34.6. The lowest BCUT2D eigenvalue weighted by Gasteiger charge is -2.18.